The molecule has 1 N–H and O–H groups in total. The van der Waals surface area contributed by atoms with Crippen LogP contribution in [-0.4, -0.2) is 11.7 Å². The number of rotatable bonds is 7. The molecule has 1 amide bonds. The molecule has 2 aromatic carbocycles. The monoisotopic (exact) mass is 325 g/mol. The predicted octanol–water partition coefficient (Wildman–Crippen LogP) is 5.15. The molecule has 1 atom stereocenters. The van der Waals surface area contributed by atoms with E-state index < -0.39 is 0 Å². The van der Waals surface area contributed by atoms with Crippen LogP contribution >= 0.6 is 11.8 Å². The van der Waals surface area contributed by atoms with Gasteiger partial charge in [-0.25, -0.2) is 0 Å². The Hall–Kier alpha value is -2.00. The smallest absolute Gasteiger partial charge is 0.252 e. The Labute approximate surface area is 143 Å². The van der Waals surface area contributed by atoms with Crippen LogP contribution in [0.1, 0.15) is 40.9 Å². The highest BCUT2D eigenvalue weighted by Gasteiger charge is 2.16. The molecule has 0 saturated heterocycles. The van der Waals surface area contributed by atoms with Gasteiger partial charge in [0.25, 0.3) is 5.91 Å². The SMILES string of the molecule is C=CCSc1ccccc1C(=O)N[C@@H](CC)c1ccc(C)cc1. The lowest BCUT2D eigenvalue weighted by Gasteiger charge is -2.18. The normalized spacial score (nSPS) is 11.7. The largest absolute Gasteiger partial charge is 0.345 e. The number of aryl methyl sites for hydroxylation is 1. The van der Waals surface area contributed by atoms with E-state index in [1.165, 1.54) is 5.56 Å². The highest BCUT2D eigenvalue weighted by molar-refractivity contribution is 7.99. The summed E-state index contributed by atoms with van der Waals surface area (Å²) in [7, 11) is 0. The third-order valence-corrected chi connectivity index (χ3v) is 4.75. The van der Waals surface area contributed by atoms with Crippen LogP contribution < -0.4 is 5.32 Å². The second-order valence-corrected chi connectivity index (χ2v) is 6.50. The van der Waals surface area contributed by atoms with Gasteiger partial charge in [0.1, 0.15) is 0 Å². The van der Waals surface area contributed by atoms with Gasteiger partial charge in [0.2, 0.25) is 0 Å². The highest BCUT2D eigenvalue weighted by Crippen LogP contribution is 2.24. The Balaban J connectivity index is 2.16. The third kappa shape index (κ3) is 4.73. The summed E-state index contributed by atoms with van der Waals surface area (Å²) in [4.78, 5) is 13.7. The van der Waals surface area contributed by atoms with Crippen LogP contribution in [0.4, 0.5) is 0 Å². The van der Waals surface area contributed by atoms with Gasteiger partial charge >= 0.3 is 0 Å². The first-order chi connectivity index (χ1) is 11.2. The molecular formula is C20H23NOS. The lowest BCUT2D eigenvalue weighted by Crippen LogP contribution is -2.28. The van der Waals surface area contributed by atoms with Gasteiger partial charge in [-0.05, 0) is 31.0 Å². The molecule has 0 heterocycles. The van der Waals surface area contributed by atoms with Crippen LogP contribution in [0.3, 0.4) is 0 Å². The van der Waals surface area contributed by atoms with E-state index in [-0.39, 0.29) is 11.9 Å². The van der Waals surface area contributed by atoms with E-state index in [0.29, 0.717) is 0 Å². The highest BCUT2D eigenvalue weighted by atomic mass is 32.2. The molecule has 0 aliphatic heterocycles. The fraction of sp³-hybridized carbons (Fsp3) is 0.250. The van der Waals surface area contributed by atoms with Crippen molar-refractivity contribution in [2.75, 3.05) is 5.75 Å². The first kappa shape index (κ1) is 17.4. The summed E-state index contributed by atoms with van der Waals surface area (Å²) < 4.78 is 0. The summed E-state index contributed by atoms with van der Waals surface area (Å²) >= 11 is 1.63. The van der Waals surface area contributed by atoms with Gasteiger partial charge in [0.15, 0.2) is 0 Å². The molecule has 2 aromatic rings. The average molecular weight is 325 g/mol. The topological polar surface area (TPSA) is 29.1 Å². The molecule has 2 nitrogen and oxygen atoms in total. The van der Waals surface area contributed by atoms with Crippen molar-refractivity contribution in [3.8, 4) is 0 Å². The maximum atomic E-state index is 12.7. The van der Waals surface area contributed by atoms with E-state index in [4.69, 9.17) is 0 Å². The predicted molar refractivity (Wildman–Crippen MR) is 99.0 cm³/mol. The minimum atomic E-state index is -0.0235. The number of nitrogens with one attached hydrogen (secondary N) is 1. The molecule has 0 saturated carbocycles. The Morgan fingerprint density at radius 3 is 2.57 bits per heavy atom. The van der Waals surface area contributed by atoms with E-state index in [9.17, 15) is 4.79 Å². The van der Waals surface area contributed by atoms with Gasteiger partial charge in [0.05, 0.1) is 11.6 Å². The fourth-order valence-corrected chi connectivity index (χ4v) is 3.17. The van der Waals surface area contributed by atoms with Crippen molar-refractivity contribution in [3.05, 3.63) is 77.9 Å². The molecule has 23 heavy (non-hydrogen) atoms. The molecule has 0 unspecified atom stereocenters. The molecule has 2 rings (SSSR count). The summed E-state index contributed by atoms with van der Waals surface area (Å²) in [5, 5.41) is 3.16. The van der Waals surface area contributed by atoms with Crippen molar-refractivity contribution in [2.45, 2.75) is 31.2 Å². The van der Waals surface area contributed by atoms with Crippen LogP contribution in [-0.2, 0) is 0 Å². The number of hydrogen-bond acceptors (Lipinski definition) is 2. The maximum absolute atomic E-state index is 12.7. The zero-order chi connectivity index (χ0) is 16.7. The second kappa shape index (κ2) is 8.59. The molecular weight excluding hydrogens is 302 g/mol. The molecule has 0 radical (unpaired) electrons. The van der Waals surface area contributed by atoms with Crippen molar-refractivity contribution in [1.29, 1.82) is 0 Å². The summed E-state index contributed by atoms with van der Waals surface area (Å²) in [6.45, 7) is 7.89. The van der Waals surface area contributed by atoms with E-state index in [2.05, 4.69) is 50.0 Å². The second-order valence-electron chi connectivity index (χ2n) is 5.44. The number of hydrogen-bond donors (Lipinski definition) is 1. The molecule has 0 fully saturated rings. The quantitative estimate of drug-likeness (QED) is 0.563. The van der Waals surface area contributed by atoms with Crippen LogP contribution in [0.25, 0.3) is 0 Å². The van der Waals surface area contributed by atoms with Crippen molar-refractivity contribution in [2.24, 2.45) is 0 Å². The van der Waals surface area contributed by atoms with E-state index in [1.807, 2.05) is 30.3 Å². The minimum absolute atomic E-state index is 0.0235. The zero-order valence-electron chi connectivity index (χ0n) is 13.7. The summed E-state index contributed by atoms with van der Waals surface area (Å²) in [5.41, 5.74) is 3.09. The molecule has 0 aromatic heterocycles. The molecule has 0 bridgehead atoms. The summed E-state index contributed by atoms with van der Waals surface area (Å²) in [5.74, 6) is 0.768. The zero-order valence-corrected chi connectivity index (χ0v) is 14.5. The first-order valence-corrected chi connectivity index (χ1v) is 8.84. The molecule has 3 heteroatoms. The molecule has 0 aliphatic rings. The van der Waals surface area contributed by atoms with Gasteiger partial charge in [-0.2, -0.15) is 0 Å². The number of benzene rings is 2. The van der Waals surface area contributed by atoms with Crippen molar-refractivity contribution >= 4 is 17.7 Å². The maximum Gasteiger partial charge on any atom is 0.252 e. The Bertz CT molecular complexity index is 664. The van der Waals surface area contributed by atoms with Crippen LogP contribution in [0.15, 0.2) is 66.1 Å². The van der Waals surface area contributed by atoms with Gasteiger partial charge in [0, 0.05) is 10.6 Å². The number of amides is 1. The van der Waals surface area contributed by atoms with E-state index in [1.54, 1.807) is 11.8 Å². The van der Waals surface area contributed by atoms with Gasteiger partial charge in [-0.15, -0.1) is 18.3 Å². The van der Waals surface area contributed by atoms with Crippen LogP contribution in [0, 0.1) is 6.92 Å². The van der Waals surface area contributed by atoms with E-state index in [0.717, 1.165) is 28.2 Å². The number of carbonyl (C=O) groups excluding carboxylic acids is 1. The van der Waals surface area contributed by atoms with Gasteiger partial charge < -0.3 is 5.32 Å². The Morgan fingerprint density at radius 2 is 1.91 bits per heavy atom. The average Bonchev–Trinajstić information content (AvgIpc) is 2.58. The number of thioether (sulfide) groups is 1. The lowest BCUT2D eigenvalue weighted by molar-refractivity contribution is 0.0932. The molecule has 120 valence electrons. The minimum Gasteiger partial charge on any atom is -0.345 e. The van der Waals surface area contributed by atoms with Gasteiger partial charge in [-0.1, -0.05) is 55.0 Å². The van der Waals surface area contributed by atoms with Crippen molar-refractivity contribution in [3.63, 3.8) is 0 Å². The summed E-state index contributed by atoms with van der Waals surface area (Å²) in [6.07, 6.45) is 2.71. The number of carbonyl (C=O) groups is 1. The molecule has 0 spiro atoms. The summed E-state index contributed by atoms with van der Waals surface area (Å²) in [6, 6.07) is 16.1. The van der Waals surface area contributed by atoms with E-state index >= 15 is 0 Å². The standard InChI is InChI=1S/C20H23NOS/c1-4-14-23-19-9-7-6-8-17(19)20(22)21-18(5-2)16-12-10-15(3)11-13-16/h4,6-13,18H,1,5,14H2,2-3H3,(H,21,22)/t18-/m0/s1. The molecule has 0 aliphatic carbocycles. The van der Waals surface area contributed by atoms with Gasteiger partial charge in [-0.3, -0.25) is 4.79 Å². The Morgan fingerprint density at radius 1 is 1.22 bits per heavy atom. The third-order valence-electron chi connectivity index (χ3n) is 3.68. The van der Waals surface area contributed by atoms with Crippen LogP contribution in [0.5, 0.6) is 0 Å². The van der Waals surface area contributed by atoms with Crippen molar-refractivity contribution < 1.29 is 4.79 Å². The van der Waals surface area contributed by atoms with Crippen LogP contribution in [0.2, 0.25) is 0 Å². The van der Waals surface area contributed by atoms with Crippen molar-refractivity contribution in [1.82, 2.24) is 5.32 Å². The fourth-order valence-electron chi connectivity index (χ4n) is 2.38. The Kier molecular flexibility index (Phi) is 6.48. The lowest BCUT2D eigenvalue weighted by atomic mass is 10.0. The first-order valence-electron chi connectivity index (χ1n) is 7.85.